The average molecular weight is 554 g/mol. The van der Waals surface area contributed by atoms with Crippen LogP contribution in [0.2, 0.25) is 0 Å². The van der Waals surface area contributed by atoms with Crippen molar-refractivity contribution in [2.24, 2.45) is 5.73 Å². The first-order valence-electron chi connectivity index (χ1n) is 11.6. The second kappa shape index (κ2) is 17.8. The van der Waals surface area contributed by atoms with Crippen LogP contribution in [0.5, 0.6) is 5.75 Å². The van der Waals surface area contributed by atoms with E-state index in [1.54, 1.807) is 0 Å². The molecule has 1 saturated heterocycles. The highest BCUT2D eigenvalue weighted by molar-refractivity contribution is 7.14. The second-order valence-electron chi connectivity index (χ2n) is 7.44. The number of thiazole rings is 1. The summed E-state index contributed by atoms with van der Waals surface area (Å²) in [5.41, 5.74) is 6.26. The van der Waals surface area contributed by atoms with Gasteiger partial charge in [0.25, 0.3) is 0 Å². The summed E-state index contributed by atoms with van der Waals surface area (Å²) in [7, 11) is 0. The van der Waals surface area contributed by atoms with Crippen LogP contribution in [0.1, 0.15) is 0 Å². The predicted molar refractivity (Wildman–Crippen MR) is 136 cm³/mol. The highest BCUT2D eigenvalue weighted by Crippen LogP contribution is 2.36. The van der Waals surface area contributed by atoms with E-state index < -0.39 is 11.6 Å². The summed E-state index contributed by atoms with van der Waals surface area (Å²) in [6, 6.07) is 2.56. The Hall–Kier alpha value is -1.64. The average Bonchev–Trinajstić information content (AvgIpc) is 3.37. The van der Waals surface area contributed by atoms with Crippen molar-refractivity contribution in [3.63, 3.8) is 0 Å². The van der Waals surface area contributed by atoms with Gasteiger partial charge >= 0.3 is 0 Å². The van der Waals surface area contributed by atoms with Crippen LogP contribution in [0.3, 0.4) is 0 Å². The molecule has 1 aliphatic heterocycles. The van der Waals surface area contributed by atoms with Crippen LogP contribution >= 0.6 is 23.7 Å². The number of ether oxygens (including phenoxy) is 6. The largest absolute Gasteiger partial charge is 0.487 e. The number of nitrogens with two attached hydrogens (primary N) is 1. The van der Waals surface area contributed by atoms with Crippen LogP contribution < -0.4 is 15.4 Å². The van der Waals surface area contributed by atoms with Gasteiger partial charge in [0.2, 0.25) is 5.82 Å². The molecule has 2 aromatic rings. The van der Waals surface area contributed by atoms with Gasteiger partial charge in [0.05, 0.1) is 71.8 Å². The normalized spacial score (nSPS) is 13.6. The molecule has 2 heterocycles. The first kappa shape index (κ1) is 30.6. The lowest BCUT2D eigenvalue weighted by molar-refractivity contribution is -0.00397. The van der Waals surface area contributed by atoms with Crippen LogP contribution in [-0.4, -0.2) is 97.3 Å². The van der Waals surface area contributed by atoms with Gasteiger partial charge < -0.3 is 39.1 Å². The summed E-state index contributed by atoms with van der Waals surface area (Å²) in [5.74, 6) is -2.19. The molecule has 204 valence electrons. The summed E-state index contributed by atoms with van der Waals surface area (Å²) in [4.78, 5) is 6.71. The minimum atomic E-state index is -1.04. The summed E-state index contributed by atoms with van der Waals surface area (Å²) in [6.45, 7) is 6.65. The van der Waals surface area contributed by atoms with Crippen molar-refractivity contribution in [1.82, 2.24) is 4.98 Å². The second-order valence-corrected chi connectivity index (χ2v) is 8.28. The SMILES string of the molecule is Cl.NCCOCCOCCOCCOCCOc1c(-c2csc(N3CCOCC3)n2)ccc(F)c1F. The monoisotopic (exact) mass is 553 g/mol. The molecule has 2 N–H and O–H groups in total. The number of nitrogens with zero attached hydrogens (tertiary/aromatic N) is 2. The molecule has 9 nitrogen and oxygen atoms in total. The Morgan fingerprint density at radius 1 is 0.889 bits per heavy atom. The molecule has 13 heteroatoms. The summed E-state index contributed by atoms with van der Waals surface area (Å²) in [6.07, 6.45) is 0. The third-order valence-electron chi connectivity index (χ3n) is 4.95. The van der Waals surface area contributed by atoms with E-state index in [4.69, 9.17) is 34.2 Å². The standard InChI is InChI=1S/C23H33F2N3O6S.ClH/c24-19-2-1-18(20-17-35-23(27-20)28-4-7-30-8-5-28)22(21(19)25)34-16-15-33-14-13-32-12-11-31-10-9-29-6-3-26;/h1-2,17H,3-16,26H2;1H. The Labute approximate surface area is 220 Å². The van der Waals surface area contributed by atoms with E-state index >= 15 is 0 Å². The Morgan fingerprint density at radius 2 is 1.47 bits per heavy atom. The fourth-order valence-electron chi connectivity index (χ4n) is 3.21. The molecular weight excluding hydrogens is 520 g/mol. The highest BCUT2D eigenvalue weighted by atomic mass is 35.5. The van der Waals surface area contributed by atoms with E-state index in [2.05, 4.69) is 9.88 Å². The number of benzene rings is 1. The van der Waals surface area contributed by atoms with E-state index in [9.17, 15) is 8.78 Å². The Morgan fingerprint density at radius 3 is 2.08 bits per heavy atom. The quantitative estimate of drug-likeness (QED) is 0.297. The minimum Gasteiger partial charge on any atom is -0.487 e. The fraction of sp³-hybridized carbons (Fsp3) is 0.609. The van der Waals surface area contributed by atoms with E-state index in [0.29, 0.717) is 77.3 Å². The molecule has 0 amide bonds. The lowest BCUT2D eigenvalue weighted by Crippen LogP contribution is -2.36. The van der Waals surface area contributed by atoms with Crippen molar-refractivity contribution in [3.05, 3.63) is 29.1 Å². The van der Waals surface area contributed by atoms with Gasteiger partial charge in [0.1, 0.15) is 6.61 Å². The van der Waals surface area contributed by atoms with Gasteiger partial charge in [-0.05, 0) is 12.1 Å². The predicted octanol–water partition coefficient (Wildman–Crippen LogP) is 2.75. The third kappa shape index (κ3) is 10.0. The van der Waals surface area contributed by atoms with Gasteiger partial charge in [-0.25, -0.2) is 9.37 Å². The smallest absolute Gasteiger partial charge is 0.201 e. The first-order valence-corrected chi connectivity index (χ1v) is 12.5. The molecule has 3 rings (SSSR count). The van der Waals surface area contributed by atoms with Gasteiger partial charge in [0.15, 0.2) is 16.7 Å². The van der Waals surface area contributed by atoms with Crippen molar-refractivity contribution in [3.8, 4) is 17.0 Å². The zero-order valence-corrected chi connectivity index (χ0v) is 21.8. The number of anilines is 1. The minimum absolute atomic E-state index is 0. The number of aromatic nitrogens is 1. The molecule has 0 saturated carbocycles. The molecule has 0 bridgehead atoms. The van der Waals surface area contributed by atoms with Gasteiger partial charge in [-0.15, -0.1) is 23.7 Å². The summed E-state index contributed by atoms with van der Waals surface area (Å²) < 4.78 is 60.8. The van der Waals surface area contributed by atoms with E-state index in [1.807, 2.05) is 5.38 Å². The van der Waals surface area contributed by atoms with E-state index in [1.165, 1.54) is 17.4 Å². The molecule has 1 aliphatic rings. The van der Waals surface area contributed by atoms with E-state index in [-0.39, 0.29) is 31.4 Å². The first-order chi connectivity index (χ1) is 17.2. The number of hydrogen-bond donors (Lipinski definition) is 1. The van der Waals surface area contributed by atoms with Crippen LogP contribution in [0.25, 0.3) is 11.3 Å². The molecule has 0 aliphatic carbocycles. The third-order valence-corrected chi connectivity index (χ3v) is 5.85. The maximum absolute atomic E-state index is 14.5. The van der Waals surface area contributed by atoms with Crippen LogP contribution in [-0.2, 0) is 23.7 Å². The van der Waals surface area contributed by atoms with Crippen molar-refractivity contribution in [2.75, 3.05) is 97.2 Å². The van der Waals surface area contributed by atoms with Crippen molar-refractivity contribution < 1.29 is 37.2 Å². The van der Waals surface area contributed by atoms with Crippen molar-refractivity contribution >= 4 is 28.9 Å². The van der Waals surface area contributed by atoms with Crippen LogP contribution in [0.15, 0.2) is 17.5 Å². The topological polar surface area (TPSA) is 97.5 Å². The molecule has 0 radical (unpaired) electrons. The highest BCUT2D eigenvalue weighted by Gasteiger charge is 2.20. The molecule has 1 aromatic carbocycles. The number of hydrogen-bond acceptors (Lipinski definition) is 10. The molecular formula is C23H34ClF2N3O6S. The number of halogens is 3. The molecule has 0 unspecified atom stereocenters. The van der Waals surface area contributed by atoms with Gasteiger partial charge in [-0.3, -0.25) is 0 Å². The molecule has 1 fully saturated rings. The lowest BCUT2D eigenvalue weighted by atomic mass is 10.1. The summed E-state index contributed by atoms with van der Waals surface area (Å²) in [5, 5.41) is 2.63. The summed E-state index contributed by atoms with van der Waals surface area (Å²) >= 11 is 1.45. The van der Waals surface area contributed by atoms with E-state index in [0.717, 1.165) is 24.3 Å². The Balaban J connectivity index is 0.00000456. The van der Waals surface area contributed by atoms with Gasteiger partial charge in [-0.1, -0.05) is 0 Å². The zero-order valence-electron chi connectivity index (χ0n) is 20.1. The van der Waals surface area contributed by atoms with Gasteiger partial charge in [0, 0.05) is 30.6 Å². The Kier molecular flexibility index (Phi) is 15.1. The lowest BCUT2D eigenvalue weighted by Gasteiger charge is -2.26. The molecule has 0 spiro atoms. The fourth-order valence-corrected chi connectivity index (χ4v) is 4.09. The Bertz CT molecular complexity index is 876. The molecule has 1 aromatic heterocycles. The van der Waals surface area contributed by atoms with Crippen molar-refractivity contribution in [2.45, 2.75) is 0 Å². The molecule has 0 atom stereocenters. The van der Waals surface area contributed by atoms with Crippen molar-refractivity contribution in [1.29, 1.82) is 0 Å². The number of rotatable bonds is 17. The van der Waals surface area contributed by atoms with Gasteiger partial charge in [-0.2, -0.15) is 4.39 Å². The molecule has 36 heavy (non-hydrogen) atoms. The van der Waals surface area contributed by atoms with Crippen LogP contribution in [0, 0.1) is 11.6 Å². The zero-order chi connectivity index (χ0) is 24.7. The maximum atomic E-state index is 14.5. The van der Waals surface area contributed by atoms with Crippen LogP contribution in [0.4, 0.5) is 13.9 Å². The number of morpholine rings is 1. The maximum Gasteiger partial charge on any atom is 0.201 e.